The fraction of sp³-hybridized carbons (Fsp3) is 0.300. The molecular weight excluding hydrogens is 380 g/mol. The number of hydrogen-bond acceptors (Lipinski definition) is 5. The monoisotopic (exact) mass is 398 g/mol. The van der Waals surface area contributed by atoms with E-state index in [-0.39, 0.29) is 12.7 Å². The highest BCUT2D eigenvalue weighted by Crippen LogP contribution is 2.32. The molecule has 2 aliphatic rings. The summed E-state index contributed by atoms with van der Waals surface area (Å²) in [6, 6.07) is 9.10. The first-order valence-electron chi connectivity index (χ1n) is 9.20. The number of aromatic nitrogens is 2. The summed E-state index contributed by atoms with van der Waals surface area (Å²) in [7, 11) is 0. The zero-order valence-electron chi connectivity index (χ0n) is 15.2. The summed E-state index contributed by atoms with van der Waals surface area (Å²) in [4.78, 5) is 21.6. The molecule has 28 heavy (non-hydrogen) atoms. The van der Waals surface area contributed by atoms with Gasteiger partial charge in [-0.05, 0) is 30.3 Å². The number of piperazine rings is 1. The van der Waals surface area contributed by atoms with Gasteiger partial charge in [-0.3, -0.25) is 9.69 Å². The Morgan fingerprint density at radius 3 is 2.71 bits per heavy atom. The van der Waals surface area contributed by atoms with Gasteiger partial charge in [0.15, 0.2) is 11.5 Å². The molecule has 1 fully saturated rings. The fourth-order valence-electron chi connectivity index (χ4n) is 3.64. The second kappa shape index (κ2) is 7.00. The van der Waals surface area contributed by atoms with Crippen molar-refractivity contribution in [3.05, 3.63) is 59.0 Å². The minimum atomic E-state index is 0.0281. The predicted octanol–water partition coefficient (Wildman–Crippen LogP) is 2.67. The molecule has 1 amide bonds. The minimum absolute atomic E-state index is 0.0281. The van der Waals surface area contributed by atoms with Crippen LogP contribution in [0.15, 0.2) is 42.7 Å². The standard InChI is InChI=1S/C20H19ClN4O3/c21-15-2-4-19-22-16(12-25(19)10-15)11-23-5-7-24(8-6-23)20(26)14-1-3-17-18(9-14)28-13-27-17/h1-4,9-10,12H,5-8,11,13H2. The molecular formula is C20H19ClN4O3. The Bertz CT molecular complexity index is 1040. The number of rotatable bonds is 3. The van der Waals surface area contributed by atoms with Crippen molar-refractivity contribution in [3.63, 3.8) is 0 Å². The van der Waals surface area contributed by atoms with Gasteiger partial charge in [0.1, 0.15) is 5.65 Å². The molecule has 0 radical (unpaired) electrons. The highest BCUT2D eigenvalue weighted by Gasteiger charge is 2.24. The van der Waals surface area contributed by atoms with Gasteiger partial charge < -0.3 is 18.8 Å². The minimum Gasteiger partial charge on any atom is -0.454 e. The second-order valence-electron chi connectivity index (χ2n) is 6.98. The van der Waals surface area contributed by atoms with Crippen molar-refractivity contribution in [2.24, 2.45) is 0 Å². The molecule has 8 heteroatoms. The number of halogens is 1. The third-order valence-corrected chi connectivity index (χ3v) is 5.35. The molecule has 5 rings (SSSR count). The van der Waals surface area contributed by atoms with Crippen LogP contribution in [0.4, 0.5) is 0 Å². The second-order valence-corrected chi connectivity index (χ2v) is 7.42. The van der Waals surface area contributed by atoms with Crippen molar-refractivity contribution in [1.82, 2.24) is 19.2 Å². The summed E-state index contributed by atoms with van der Waals surface area (Å²) in [5.41, 5.74) is 2.52. The lowest BCUT2D eigenvalue weighted by molar-refractivity contribution is 0.0627. The van der Waals surface area contributed by atoms with E-state index in [1.165, 1.54) is 0 Å². The van der Waals surface area contributed by atoms with Crippen molar-refractivity contribution in [1.29, 1.82) is 0 Å². The SMILES string of the molecule is O=C(c1ccc2c(c1)OCO2)N1CCN(Cc2cn3cc(Cl)ccc3n2)CC1. The normalized spacial score (nSPS) is 16.7. The molecule has 144 valence electrons. The first kappa shape index (κ1) is 17.3. The Morgan fingerprint density at radius 1 is 1.04 bits per heavy atom. The highest BCUT2D eigenvalue weighted by atomic mass is 35.5. The first-order valence-corrected chi connectivity index (χ1v) is 9.58. The van der Waals surface area contributed by atoms with Gasteiger partial charge in [-0.25, -0.2) is 4.98 Å². The van der Waals surface area contributed by atoms with Gasteiger partial charge >= 0.3 is 0 Å². The van der Waals surface area contributed by atoms with E-state index in [9.17, 15) is 4.79 Å². The number of pyridine rings is 1. The van der Waals surface area contributed by atoms with Crippen molar-refractivity contribution in [3.8, 4) is 11.5 Å². The Morgan fingerprint density at radius 2 is 1.86 bits per heavy atom. The molecule has 0 unspecified atom stereocenters. The fourth-order valence-corrected chi connectivity index (χ4v) is 3.81. The van der Waals surface area contributed by atoms with E-state index < -0.39 is 0 Å². The first-order chi connectivity index (χ1) is 13.7. The molecule has 2 aromatic heterocycles. The molecule has 7 nitrogen and oxygen atoms in total. The third-order valence-electron chi connectivity index (χ3n) is 5.13. The summed E-state index contributed by atoms with van der Waals surface area (Å²) in [6.07, 6.45) is 3.86. The number of benzene rings is 1. The van der Waals surface area contributed by atoms with E-state index in [1.54, 1.807) is 18.2 Å². The zero-order chi connectivity index (χ0) is 19.1. The van der Waals surface area contributed by atoms with Crippen LogP contribution in [0.3, 0.4) is 0 Å². The number of imidazole rings is 1. The summed E-state index contributed by atoms with van der Waals surface area (Å²) in [5, 5.41) is 0.687. The third kappa shape index (κ3) is 3.27. The highest BCUT2D eigenvalue weighted by molar-refractivity contribution is 6.30. The summed E-state index contributed by atoms with van der Waals surface area (Å²) in [5.74, 6) is 1.35. The number of hydrogen-bond donors (Lipinski definition) is 0. The van der Waals surface area contributed by atoms with Gasteiger partial charge in [-0.2, -0.15) is 0 Å². The van der Waals surface area contributed by atoms with Crippen molar-refractivity contribution in [2.45, 2.75) is 6.54 Å². The van der Waals surface area contributed by atoms with Crippen LogP contribution in [0.5, 0.6) is 11.5 Å². The Kier molecular flexibility index (Phi) is 4.33. The zero-order valence-corrected chi connectivity index (χ0v) is 15.9. The number of nitrogens with zero attached hydrogens (tertiary/aromatic N) is 4. The lowest BCUT2D eigenvalue weighted by Crippen LogP contribution is -2.48. The molecule has 2 aliphatic heterocycles. The largest absolute Gasteiger partial charge is 0.454 e. The average molecular weight is 399 g/mol. The number of fused-ring (bicyclic) bond motifs is 2. The van der Waals surface area contributed by atoms with E-state index in [2.05, 4.69) is 9.88 Å². The summed E-state index contributed by atoms with van der Waals surface area (Å²) >= 11 is 6.04. The van der Waals surface area contributed by atoms with Crippen molar-refractivity contribution in [2.75, 3.05) is 33.0 Å². The molecule has 1 aromatic carbocycles. The van der Waals surface area contributed by atoms with E-state index in [0.29, 0.717) is 35.2 Å². The van der Waals surface area contributed by atoms with Gasteiger partial charge in [0, 0.05) is 50.7 Å². The van der Waals surface area contributed by atoms with Gasteiger partial charge in [0.05, 0.1) is 10.7 Å². The Balaban J connectivity index is 1.21. The maximum absolute atomic E-state index is 12.8. The molecule has 0 N–H and O–H groups in total. The van der Waals surface area contributed by atoms with Crippen LogP contribution in [0.25, 0.3) is 5.65 Å². The Hall–Kier alpha value is -2.77. The van der Waals surface area contributed by atoms with Crippen LogP contribution in [-0.4, -0.2) is 58.1 Å². The van der Waals surface area contributed by atoms with E-state index in [4.69, 9.17) is 21.1 Å². The number of ether oxygens (including phenoxy) is 2. The quantitative estimate of drug-likeness (QED) is 0.679. The van der Waals surface area contributed by atoms with Crippen molar-refractivity contribution >= 4 is 23.2 Å². The predicted molar refractivity (Wildman–Crippen MR) is 104 cm³/mol. The number of carbonyl (C=O) groups is 1. The maximum Gasteiger partial charge on any atom is 0.254 e. The molecule has 0 aliphatic carbocycles. The van der Waals surface area contributed by atoms with Crippen LogP contribution in [0, 0.1) is 0 Å². The van der Waals surface area contributed by atoms with Crippen LogP contribution in [0.1, 0.15) is 16.1 Å². The number of carbonyl (C=O) groups excluding carboxylic acids is 1. The molecule has 4 heterocycles. The lowest BCUT2D eigenvalue weighted by Gasteiger charge is -2.34. The lowest BCUT2D eigenvalue weighted by atomic mass is 10.1. The molecule has 0 bridgehead atoms. The van der Waals surface area contributed by atoms with Gasteiger partial charge in [0.25, 0.3) is 5.91 Å². The van der Waals surface area contributed by atoms with Gasteiger partial charge in [0.2, 0.25) is 6.79 Å². The van der Waals surface area contributed by atoms with Crippen LogP contribution in [0.2, 0.25) is 5.02 Å². The molecule has 1 saturated heterocycles. The molecule has 3 aromatic rings. The molecule has 0 spiro atoms. The van der Waals surface area contributed by atoms with E-state index in [1.807, 2.05) is 33.8 Å². The van der Waals surface area contributed by atoms with Crippen LogP contribution in [-0.2, 0) is 6.54 Å². The molecule has 0 atom stereocenters. The topological polar surface area (TPSA) is 59.3 Å². The maximum atomic E-state index is 12.8. The smallest absolute Gasteiger partial charge is 0.254 e. The van der Waals surface area contributed by atoms with Crippen LogP contribution >= 0.6 is 11.6 Å². The van der Waals surface area contributed by atoms with Gasteiger partial charge in [-0.1, -0.05) is 11.6 Å². The Labute approximate surface area is 167 Å². The summed E-state index contributed by atoms with van der Waals surface area (Å²) < 4.78 is 12.6. The average Bonchev–Trinajstić information content (AvgIpc) is 3.33. The summed E-state index contributed by atoms with van der Waals surface area (Å²) in [6.45, 7) is 3.96. The van der Waals surface area contributed by atoms with Crippen molar-refractivity contribution < 1.29 is 14.3 Å². The van der Waals surface area contributed by atoms with Gasteiger partial charge in [-0.15, -0.1) is 0 Å². The molecule has 0 saturated carbocycles. The van der Waals surface area contributed by atoms with Crippen LogP contribution < -0.4 is 9.47 Å². The number of amides is 1. The van der Waals surface area contributed by atoms with E-state index >= 15 is 0 Å². The van der Waals surface area contributed by atoms with E-state index in [0.717, 1.165) is 31.0 Å².